The molecule has 0 aliphatic rings. The number of aliphatic carboxylic acids is 1. The Morgan fingerprint density at radius 1 is 1.06 bits per heavy atom. The zero-order valence-electron chi connectivity index (χ0n) is 20.5. The minimum atomic E-state index is -0.828. The van der Waals surface area contributed by atoms with E-state index in [-0.39, 0.29) is 18.2 Å². The lowest BCUT2D eigenvalue weighted by molar-refractivity contribution is -0.136. The average Bonchev–Trinajstić information content (AvgIpc) is 3.29. The number of methoxy groups -OCH3 is 2. The summed E-state index contributed by atoms with van der Waals surface area (Å²) in [5, 5.41) is 20.4. The number of halogens is 1. The second kappa shape index (κ2) is 12.4. The Kier molecular flexibility index (Phi) is 9.32. The minimum absolute atomic E-state index is 0.0760. The highest BCUT2D eigenvalue weighted by atomic mass is 19.1. The van der Waals surface area contributed by atoms with Crippen molar-refractivity contribution in [3.05, 3.63) is 82.9 Å². The molecule has 6 nitrogen and oxygen atoms in total. The van der Waals surface area contributed by atoms with Crippen molar-refractivity contribution in [2.75, 3.05) is 14.2 Å². The van der Waals surface area contributed by atoms with Gasteiger partial charge in [-0.3, -0.25) is 4.79 Å². The van der Waals surface area contributed by atoms with Crippen LogP contribution in [0.4, 0.5) is 4.39 Å². The van der Waals surface area contributed by atoms with E-state index in [0.29, 0.717) is 42.9 Å². The first-order chi connectivity index (χ1) is 16.8. The van der Waals surface area contributed by atoms with Crippen LogP contribution in [0.15, 0.2) is 54.9 Å². The molecule has 2 aromatic carbocycles. The van der Waals surface area contributed by atoms with Crippen molar-refractivity contribution in [3.8, 4) is 11.5 Å². The Morgan fingerprint density at radius 3 is 2.40 bits per heavy atom. The molecule has 1 aromatic heterocycles. The number of carbonyl (C=O) groups is 1. The smallest absolute Gasteiger partial charge is 0.303 e. The lowest BCUT2D eigenvalue weighted by Crippen LogP contribution is -2.19. The summed E-state index contributed by atoms with van der Waals surface area (Å²) in [6.07, 6.45) is 5.80. The van der Waals surface area contributed by atoms with Crippen molar-refractivity contribution in [1.29, 1.82) is 0 Å². The maximum Gasteiger partial charge on any atom is 0.303 e. The van der Waals surface area contributed by atoms with E-state index in [2.05, 4.69) is 0 Å². The van der Waals surface area contributed by atoms with E-state index in [1.165, 1.54) is 6.07 Å². The third-order valence-corrected chi connectivity index (χ3v) is 6.38. The molecular weight excluding hydrogens is 449 g/mol. The largest absolute Gasteiger partial charge is 0.496 e. The molecule has 0 aliphatic heterocycles. The van der Waals surface area contributed by atoms with Crippen molar-refractivity contribution in [1.82, 2.24) is 4.57 Å². The molecule has 0 bridgehead atoms. The zero-order valence-corrected chi connectivity index (χ0v) is 20.5. The number of aryl methyl sites for hydroxylation is 2. The van der Waals surface area contributed by atoms with Crippen LogP contribution in [0.2, 0.25) is 0 Å². The Morgan fingerprint density at radius 2 is 1.77 bits per heavy atom. The molecule has 35 heavy (non-hydrogen) atoms. The second-order valence-electron chi connectivity index (χ2n) is 8.89. The molecule has 0 unspecified atom stereocenters. The van der Waals surface area contributed by atoms with Crippen molar-refractivity contribution in [2.24, 2.45) is 5.92 Å². The van der Waals surface area contributed by atoms with Gasteiger partial charge in [0.25, 0.3) is 0 Å². The third-order valence-electron chi connectivity index (χ3n) is 6.38. The molecule has 188 valence electrons. The summed E-state index contributed by atoms with van der Waals surface area (Å²) in [7, 11) is 3.18. The van der Waals surface area contributed by atoms with Crippen LogP contribution in [-0.2, 0) is 24.2 Å². The number of nitrogens with zero attached hydrogens (tertiary/aromatic N) is 1. The van der Waals surface area contributed by atoms with Gasteiger partial charge in [0.2, 0.25) is 0 Å². The molecule has 3 rings (SSSR count). The summed E-state index contributed by atoms with van der Waals surface area (Å²) in [6.45, 7) is 2.46. The van der Waals surface area contributed by atoms with Gasteiger partial charge in [-0.05, 0) is 79.6 Å². The average molecular weight is 484 g/mol. The Labute approximate surface area is 205 Å². The molecular formula is C28H34FNO5. The monoisotopic (exact) mass is 483 g/mol. The van der Waals surface area contributed by atoms with Crippen LogP contribution in [0.25, 0.3) is 0 Å². The molecule has 2 atom stereocenters. The Hall–Kier alpha value is -3.32. The molecule has 0 saturated carbocycles. The summed E-state index contributed by atoms with van der Waals surface area (Å²) >= 11 is 0. The second-order valence-corrected chi connectivity index (χ2v) is 8.89. The van der Waals surface area contributed by atoms with Crippen LogP contribution in [0.3, 0.4) is 0 Å². The third kappa shape index (κ3) is 7.33. The zero-order chi connectivity index (χ0) is 25.4. The molecule has 2 N–H and O–H groups in total. The Bertz CT molecular complexity index is 1100. The minimum Gasteiger partial charge on any atom is -0.496 e. The number of hydrogen-bond acceptors (Lipinski definition) is 4. The molecule has 3 aromatic rings. The summed E-state index contributed by atoms with van der Waals surface area (Å²) < 4.78 is 26.6. The number of ether oxygens (including phenoxy) is 2. The number of hydrogen-bond donors (Lipinski definition) is 2. The standard InChI is InChI=1S/C28H34FNO5/c1-19-25(34-2)15-23(16-26(19)35-3)28(33)22(8-4-6-20-7-5-9-24(29)14-20)18-30-13-12-21(17-30)10-11-27(31)32/h5,7,9,12-17,22,28,33H,4,6,8,10-11,18H2,1-3H3,(H,31,32)/t22-,28-/m0/s1. The molecule has 0 radical (unpaired) electrons. The molecule has 0 aliphatic carbocycles. The highest BCUT2D eigenvalue weighted by molar-refractivity contribution is 5.67. The lowest BCUT2D eigenvalue weighted by Gasteiger charge is -2.25. The lowest BCUT2D eigenvalue weighted by atomic mass is 9.89. The number of aliphatic hydroxyl groups excluding tert-OH is 1. The van der Waals surface area contributed by atoms with Gasteiger partial charge in [0.05, 0.1) is 20.3 Å². The van der Waals surface area contributed by atoms with Crippen LogP contribution < -0.4 is 9.47 Å². The number of rotatable bonds is 13. The van der Waals surface area contributed by atoms with Crippen LogP contribution in [0.5, 0.6) is 11.5 Å². The van der Waals surface area contributed by atoms with Gasteiger partial charge in [0, 0.05) is 36.8 Å². The van der Waals surface area contributed by atoms with E-state index in [1.807, 2.05) is 48.1 Å². The fourth-order valence-corrected chi connectivity index (χ4v) is 4.43. The van der Waals surface area contributed by atoms with Gasteiger partial charge < -0.3 is 24.3 Å². The maximum absolute atomic E-state index is 13.6. The van der Waals surface area contributed by atoms with Crippen LogP contribution in [0.1, 0.15) is 47.6 Å². The van der Waals surface area contributed by atoms with E-state index < -0.39 is 12.1 Å². The highest BCUT2D eigenvalue weighted by Crippen LogP contribution is 2.36. The van der Waals surface area contributed by atoms with Gasteiger partial charge in [-0.25, -0.2) is 4.39 Å². The number of carboxylic acid groups (broad SMARTS) is 1. The fourth-order valence-electron chi connectivity index (χ4n) is 4.43. The van der Waals surface area contributed by atoms with Gasteiger partial charge in [-0.2, -0.15) is 0 Å². The summed E-state index contributed by atoms with van der Waals surface area (Å²) in [5.74, 6) is 0.0767. The van der Waals surface area contributed by atoms with E-state index in [4.69, 9.17) is 14.6 Å². The number of aliphatic hydroxyl groups is 1. The van der Waals surface area contributed by atoms with E-state index in [1.54, 1.807) is 26.4 Å². The van der Waals surface area contributed by atoms with Gasteiger partial charge in [0.15, 0.2) is 0 Å². The van der Waals surface area contributed by atoms with E-state index >= 15 is 0 Å². The van der Waals surface area contributed by atoms with E-state index in [9.17, 15) is 14.3 Å². The predicted molar refractivity (Wildman–Crippen MR) is 132 cm³/mol. The van der Waals surface area contributed by atoms with Gasteiger partial charge in [-0.1, -0.05) is 12.1 Å². The highest BCUT2D eigenvalue weighted by Gasteiger charge is 2.24. The summed E-state index contributed by atoms with van der Waals surface area (Å²) in [5.41, 5.74) is 3.44. The van der Waals surface area contributed by atoms with Crippen molar-refractivity contribution in [2.45, 2.75) is 51.7 Å². The van der Waals surface area contributed by atoms with Crippen molar-refractivity contribution >= 4 is 5.97 Å². The van der Waals surface area contributed by atoms with E-state index in [0.717, 1.165) is 23.1 Å². The SMILES string of the molecule is COc1cc([C@@H](O)[C@@H](CCCc2cccc(F)c2)Cn2ccc(CCC(=O)O)c2)cc(OC)c1C. The predicted octanol–water partition coefficient (Wildman–Crippen LogP) is 5.34. The normalized spacial score (nSPS) is 12.8. The number of benzene rings is 2. The number of carboxylic acids is 1. The molecule has 0 spiro atoms. The number of aromatic nitrogens is 1. The topological polar surface area (TPSA) is 80.9 Å². The van der Waals surface area contributed by atoms with Crippen LogP contribution in [0, 0.1) is 18.7 Å². The summed E-state index contributed by atoms with van der Waals surface area (Å²) in [6, 6.07) is 12.2. The van der Waals surface area contributed by atoms with Gasteiger partial charge >= 0.3 is 5.97 Å². The maximum atomic E-state index is 13.6. The van der Waals surface area contributed by atoms with Crippen LogP contribution in [-0.4, -0.2) is 35.0 Å². The first-order valence-electron chi connectivity index (χ1n) is 11.8. The van der Waals surface area contributed by atoms with Crippen molar-refractivity contribution in [3.63, 3.8) is 0 Å². The Balaban J connectivity index is 1.80. The van der Waals surface area contributed by atoms with Crippen molar-refractivity contribution < 1.29 is 28.9 Å². The van der Waals surface area contributed by atoms with Gasteiger partial charge in [-0.15, -0.1) is 0 Å². The first kappa shape index (κ1) is 26.3. The quantitative estimate of drug-likeness (QED) is 0.343. The molecule has 7 heteroatoms. The summed E-state index contributed by atoms with van der Waals surface area (Å²) in [4.78, 5) is 10.9. The molecule has 1 heterocycles. The molecule has 0 saturated heterocycles. The van der Waals surface area contributed by atoms with Gasteiger partial charge in [0.1, 0.15) is 17.3 Å². The van der Waals surface area contributed by atoms with Crippen LogP contribution >= 0.6 is 0 Å². The first-order valence-corrected chi connectivity index (χ1v) is 11.8. The molecule has 0 fully saturated rings. The molecule has 0 amide bonds. The fraction of sp³-hybridized carbons (Fsp3) is 0.393.